The molecule has 2 amide bonds. The fourth-order valence-electron chi connectivity index (χ4n) is 3.83. The van der Waals surface area contributed by atoms with E-state index in [-0.39, 0.29) is 24.2 Å². The smallest absolute Gasteiger partial charge is 0.228 e. The van der Waals surface area contributed by atoms with Crippen LogP contribution in [0.4, 0.5) is 5.13 Å². The molecular weight excluding hydrogens is 394 g/mol. The summed E-state index contributed by atoms with van der Waals surface area (Å²) in [4.78, 5) is 30.5. The van der Waals surface area contributed by atoms with Crippen molar-refractivity contribution in [2.24, 2.45) is 0 Å². The minimum absolute atomic E-state index is 0.0422. The molecule has 1 aliphatic rings. The van der Waals surface area contributed by atoms with Crippen LogP contribution < -0.4 is 10.2 Å². The van der Waals surface area contributed by atoms with Gasteiger partial charge in [-0.25, -0.2) is 4.98 Å². The molecule has 4 rings (SSSR count). The highest BCUT2D eigenvalue weighted by atomic mass is 32.1. The van der Waals surface area contributed by atoms with E-state index < -0.39 is 0 Å². The van der Waals surface area contributed by atoms with Crippen LogP contribution in [0.3, 0.4) is 0 Å². The lowest BCUT2D eigenvalue weighted by Gasteiger charge is -2.18. The van der Waals surface area contributed by atoms with Crippen LogP contribution in [0.2, 0.25) is 0 Å². The third kappa shape index (κ3) is 4.94. The van der Waals surface area contributed by atoms with Crippen LogP contribution >= 0.6 is 11.3 Å². The van der Waals surface area contributed by atoms with Crippen molar-refractivity contribution in [2.75, 3.05) is 18.0 Å². The summed E-state index contributed by atoms with van der Waals surface area (Å²) in [6.07, 6.45) is 2.52. The Morgan fingerprint density at radius 2 is 1.73 bits per heavy atom. The SMILES string of the molecule is O=C(Cc1csc(N2CCCC2=O)n1)NCCC(c1ccccc1)c1ccccc1. The van der Waals surface area contributed by atoms with Crippen molar-refractivity contribution in [3.8, 4) is 0 Å². The average molecular weight is 420 g/mol. The summed E-state index contributed by atoms with van der Waals surface area (Å²) in [7, 11) is 0. The van der Waals surface area contributed by atoms with Gasteiger partial charge in [0, 0.05) is 30.8 Å². The summed E-state index contributed by atoms with van der Waals surface area (Å²) in [5, 5.41) is 5.61. The van der Waals surface area contributed by atoms with E-state index in [0.29, 0.717) is 18.1 Å². The lowest BCUT2D eigenvalue weighted by molar-refractivity contribution is -0.120. The van der Waals surface area contributed by atoms with Crippen LogP contribution in [0.1, 0.15) is 42.0 Å². The number of benzene rings is 2. The Labute approximate surface area is 180 Å². The second kappa shape index (κ2) is 9.67. The number of hydrogen-bond acceptors (Lipinski definition) is 4. The van der Waals surface area contributed by atoms with Gasteiger partial charge < -0.3 is 5.32 Å². The molecule has 1 aliphatic heterocycles. The topological polar surface area (TPSA) is 62.3 Å². The first-order chi connectivity index (χ1) is 14.7. The molecule has 154 valence electrons. The van der Waals surface area contributed by atoms with Gasteiger partial charge in [-0.3, -0.25) is 14.5 Å². The first kappa shape index (κ1) is 20.3. The number of anilines is 1. The van der Waals surface area contributed by atoms with Gasteiger partial charge in [0.15, 0.2) is 5.13 Å². The highest BCUT2D eigenvalue weighted by Crippen LogP contribution is 2.28. The monoisotopic (exact) mass is 419 g/mol. The Kier molecular flexibility index (Phi) is 6.54. The maximum Gasteiger partial charge on any atom is 0.228 e. The Bertz CT molecular complexity index is 948. The standard InChI is InChI=1S/C24H25N3O2S/c28-22(16-20-17-30-24(26-20)27-15-7-12-23(27)29)25-14-13-21(18-8-3-1-4-9-18)19-10-5-2-6-11-19/h1-6,8-11,17,21H,7,12-16H2,(H,25,28). The minimum atomic E-state index is -0.0422. The van der Waals surface area contributed by atoms with Crippen LogP contribution in [-0.2, 0) is 16.0 Å². The van der Waals surface area contributed by atoms with Gasteiger partial charge in [-0.2, -0.15) is 0 Å². The van der Waals surface area contributed by atoms with Crippen molar-refractivity contribution in [3.63, 3.8) is 0 Å². The summed E-state index contributed by atoms with van der Waals surface area (Å²) in [6.45, 7) is 1.31. The number of aromatic nitrogens is 1. The molecule has 0 spiro atoms. The number of carbonyl (C=O) groups excluding carboxylic acids is 2. The fourth-order valence-corrected chi connectivity index (χ4v) is 4.70. The molecule has 0 radical (unpaired) electrons. The van der Waals surface area contributed by atoms with Crippen molar-refractivity contribution in [1.82, 2.24) is 10.3 Å². The predicted molar refractivity (Wildman–Crippen MR) is 120 cm³/mol. The zero-order chi connectivity index (χ0) is 20.8. The summed E-state index contributed by atoms with van der Waals surface area (Å²) < 4.78 is 0. The van der Waals surface area contributed by atoms with E-state index in [0.717, 1.165) is 25.1 Å². The molecule has 0 unspecified atom stereocenters. The summed E-state index contributed by atoms with van der Waals surface area (Å²) in [5.74, 6) is 0.312. The van der Waals surface area contributed by atoms with Gasteiger partial charge in [0.2, 0.25) is 11.8 Å². The van der Waals surface area contributed by atoms with E-state index in [1.807, 2.05) is 17.5 Å². The Morgan fingerprint density at radius 1 is 1.07 bits per heavy atom. The second-order valence-electron chi connectivity index (χ2n) is 7.46. The van der Waals surface area contributed by atoms with Gasteiger partial charge in [-0.1, -0.05) is 60.7 Å². The predicted octanol–water partition coefficient (Wildman–Crippen LogP) is 4.15. The number of amides is 2. The summed E-state index contributed by atoms with van der Waals surface area (Å²) in [5.41, 5.74) is 3.21. The quantitative estimate of drug-likeness (QED) is 0.597. The van der Waals surface area contributed by atoms with Crippen LogP contribution in [0.25, 0.3) is 0 Å². The molecule has 0 bridgehead atoms. The van der Waals surface area contributed by atoms with Gasteiger partial charge in [-0.15, -0.1) is 11.3 Å². The number of carbonyl (C=O) groups is 2. The molecule has 1 aromatic heterocycles. The van der Waals surface area contributed by atoms with Crippen LogP contribution in [0.15, 0.2) is 66.0 Å². The maximum absolute atomic E-state index is 12.4. The molecule has 6 heteroatoms. The van der Waals surface area contributed by atoms with E-state index in [4.69, 9.17) is 0 Å². The lowest BCUT2D eigenvalue weighted by atomic mass is 9.88. The highest BCUT2D eigenvalue weighted by Gasteiger charge is 2.24. The molecular formula is C24H25N3O2S. The molecule has 0 aliphatic carbocycles. The van der Waals surface area contributed by atoms with E-state index in [9.17, 15) is 9.59 Å². The molecule has 30 heavy (non-hydrogen) atoms. The average Bonchev–Trinajstić information content (AvgIpc) is 3.41. The van der Waals surface area contributed by atoms with Crippen LogP contribution in [0.5, 0.6) is 0 Å². The van der Waals surface area contributed by atoms with E-state index >= 15 is 0 Å². The van der Waals surface area contributed by atoms with E-state index in [1.165, 1.54) is 22.5 Å². The molecule has 2 aromatic carbocycles. The number of thiazole rings is 1. The van der Waals surface area contributed by atoms with Gasteiger partial charge in [-0.05, 0) is 24.0 Å². The highest BCUT2D eigenvalue weighted by molar-refractivity contribution is 7.14. The van der Waals surface area contributed by atoms with Crippen molar-refractivity contribution in [1.29, 1.82) is 0 Å². The molecule has 1 fully saturated rings. The van der Waals surface area contributed by atoms with Crippen LogP contribution in [0, 0.1) is 0 Å². The molecule has 1 N–H and O–H groups in total. The molecule has 0 saturated carbocycles. The molecule has 1 saturated heterocycles. The summed E-state index contributed by atoms with van der Waals surface area (Å²) >= 11 is 1.43. The van der Waals surface area contributed by atoms with Gasteiger partial charge in [0.25, 0.3) is 0 Å². The first-order valence-electron chi connectivity index (χ1n) is 10.3. The zero-order valence-electron chi connectivity index (χ0n) is 16.8. The second-order valence-corrected chi connectivity index (χ2v) is 8.30. The molecule has 5 nitrogen and oxygen atoms in total. The zero-order valence-corrected chi connectivity index (χ0v) is 17.6. The molecule has 2 heterocycles. The third-order valence-corrected chi connectivity index (χ3v) is 6.26. The Morgan fingerprint density at radius 3 is 2.33 bits per heavy atom. The third-order valence-electron chi connectivity index (χ3n) is 5.34. The Balaban J connectivity index is 1.33. The number of nitrogens with zero attached hydrogens (tertiary/aromatic N) is 2. The minimum Gasteiger partial charge on any atom is -0.356 e. The number of nitrogens with one attached hydrogen (secondary N) is 1. The van der Waals surface area contributed by atoms with Crippen molar-refractivity contribution < 1.29 is 9.59 Å². The lowest BCUT2D eigenvalue weighted by Crippen LogP contribution is -2.27. The molecule has 0 atom stereocenters. The largest absolute Gasteiger partial charge is 0.356 e. The van der Waals surface area contributed by atoms with Crippen molar-refractivity contribution >= 4 is 28.3 Å². The Hall–Kier alpha value is -2.99. The molecule has 3 aromatic rings. The van der Waals surface area contributed by atoms with Crippen molar-refractivity contribution in [3.05, 3.63) is 82.9 Å². The normalized spacial score (nSPS) is 13.8. The maximum atomic E-state index is 12.4. The van der Waals surface area contributed by atoms with E-state index in [1.54, 1.807) is 4.90 Å². The fraction of sp³-hybridized carbons (Fsp3) is 0.292. The van der Waals surface area contributed by atoms with Crippen molar-refractivity contribution in [2.45, 2.75) is 31.6 Å². The van der Waals surface area contributed by atoms with Crippen LogP contribution in [-0.4, -0.2) is 29.9 Å². The van der Waals surface area contributed by atoms with Gasteiger partial charge >= 0.3 is 0 Å². The number of rotatable bonds is 8. The number of hydrogen-bond donors (Lipinski definition) is 1. The van der Waals surface area contributed by atoms with E-state index in [2.05, 4.69) is 58.8 Å². The summed E-state index contributed by atoms with van der Waals surface area (Å²) in [6, 6.07) is 20.8. The first-order valence-corrected chi connectivity index (χ1v) is 11.2. The van der Waals surface area contributed by atoms with Gasteiger partial charge in [0.1, 0.15) is 0 Å². The van der Waals surface area contributed by atoms with Gasteiger partial charge in [0.05, 0.1) is 12.1 Å².